The molecule has 3 heterocycles. The molecule has 0 aliphatic carbocycles. The van der Waals surface area contributed by atoms with E-state index in [2.05, 4.69) is 64.8 Å². The summed E-state index contributed by atoms with van der Waals surface area (Å²) >= 11 is -2.11. The minimum absolute atomic E-state index is 1.37. The van der Waals surface area contributed by atoms with Crippen LogP contribution in [0.25, 0.3) is 11.1 Å². The van der Waals surface area contributed by atoms with Crippen molar-refractivity contribution in [2.75, 3.05) is 0 Å². The second kappa shape index (κ2) is 4.50. The first kappa shape index (κ1) is 11.2. The van der Waals surface area contributed by atoms with Gasteiger partial charge in [0.2, 0.25) is 0 Å². The van der Waals surface area contributed by atoms with Crippen LogP contribution in [0.3, 0.4) is 0 Å². The summed E-state index contributed by atoms with van der Waals surface area (Å²) in [7, 11) is 0. The number of fused-ring (bicyclic) bond motifs is 3. The molecule has 0 amide bonds. The molecule has 3 aromatic rings. The van der Waals surface area contributed by atoms with Crippen LogP contribution in [-0.4, -0.2) is 31.7 Å². The van der Waals surface area contributed by atoms with E-state index in [1.807, 2.05) is 12.4 Å². The fourth-order valence-electron chi connectivity index (χ4n) is 2.57. The van der Waals surface area contributed by atoms with Gasteiger partial charge < -0.3 is 0 Å². The van der Waals surface area contributed by atoms with E-state index in [9.17, 15) is 0 Å². The van der Waals surface area contributed by atoms with Crippen molar-refractivity contribution < 1.29 is 0 Å². The Bertz CT molecular complexity index is 695. The molecular weight excluding hydrogens is 429 g/mol. The van der Waals surface area contributed by atoms with Gasteiger partial charge in [-0.1, -0.05) is 0 Å². The van der Waals surface area contributed by atoms with Crippen molar-refractivity contribution >= 4 is 31.6 Å². The molecule has 0 spiro atoms. The molecule has 90 valence electrons. The van der Waals surface area contributed by atoms with E-state index in [1.54, 1.807) is 0 Å². The monoisotopic (exact) mass is 440 g/mol. The maximum absolute atomic E-state index is 4.35. The standard InChI is InChI=1S/C10H6N2.C6H5.Bi/c1-5-11-6-2-9(1)10-3-7-12-8-4-10;1-2-4-6-5-3-1;/h1,3,5-8H;1-5H;. The van der Waals surface area contributed by atoms with Crippen LogP contribution in [0.4, 0.5) is 0 Å². The third-order valence-electron chi connectivity index (χ3n) is 3.39. The molecule has 3 heteroatoms. The summed E-state index contributed by atoms with van der Waals surface area (Å²) < 4.78 is 4.46. The maximum atomic E-state index is 4.35. The van der Waals surface area contributed by atoms with Gasteiger partial charge in [0.05, 0.1) is 0 Å². The molecule has 1 aliphatic heterocycles. The second-order valence-electron chi connectivity index (χ2n) is 4.46. The Hall–Kier alpha value is -1.60. The van der Waals surface area contributed by atoms with E-state index in [0.717, 1.165) is 0 Å². The topological polar surface area (TPSA) is 25.8 Å². The SMILES string of the molecule is c1cc[c]([Bi]2[c]3cnccc3-c3ccnc[c]32)cc1. The summed E-state index contributed by atoms with van der Waals surface area (Å²) in [6.45, 7) is 0. The van der Waals surface area contributed by atoms with Gasteiger partial charge in [0.1, 0.15) is 0 Å². The molecule has 1 aliphatic rings. The van der Waals surface area contributed by atoms with Crippen molar-refractivity contribution in [3.63, 3.8) is 0 Å². The van der Waals surface area contributed by atoms with Crippen molar-refractivity contribution in [2.45, 2.75) is 0 Å². The van der Waals surface area contributed by atoms with Crippen molar-refractivity contribution in [1.29, 1.82) is 0 Å². The van der Waals surface area contributed by atoms with Gasteiger partial charge in [-0.05, 0) is 0 Å². The Balaban J connectivity index is 2.02. The fourth-order valence-corrected chi connectivity index (χ4v) is 12.4. The molecule has 0 radical (unpaired) electrons. The molecule has 0 saturated heterocycles. The van der Waals surface area contributed by atoms with Crippen LogP contribution >= 0.6 is 0 Å². The zero-order valence-electron chi connectivity index (χ0n) is 10.2. The van der Waals surface area contributed by atoms with Crippen LogP contribution < -0.4 is 9.81 Å². The third-order valence-corrected chi connectivity index (χ3v) is 13.1. The molecule has 0 unspecified atom stereocenters. The van der Waals surface area contributed by atoms with Crippen molar-refractivity contribution in [1.82, 2.24) is 9.97 Å². The van der Waals surface area contributed by atoms with E-state index >= 15 is 0 Å². The van der Waals surface area contributed by atoms with Gasteiger partial charge in [0, 0.05) is 0 Å². The van der Waals surface area contributed by atoms with Gasteiger partial charge in [-0.2, -0.15) is 0 Å². The Kier molecular flexibility index (Phi) is 2.66. The molecule has 0 atom stereocenters. The number of aromatic nitrogens is 2. The second-order valence-corrected chi connectivity index (χ2v) is 12.8. The Labute approximate surface area is 119 Å². The van der Waals surface area contributed by atoms with Crippen LogP contribution in [0.1, 0.15) is 0 Å². The average molecular weight is 440 g/mol. The normalized spacial score (nSPS) is 13.1. The molecule has 2 nitrogen and oxygen atoms in total. The molecule has 0 fully saturated rings. The fraction of sp³-hybridized carbons (Fsp3) is 0. The minimum atomic E-state index is -2.11. The number of nitrogens with zero attached hydrogens (tertiary/aromatic N) is 2. The molecule has 19 heavy (non-hydrogen) atoms. The average Bonchev–Trinajstić information content (AvgIpc) is 2.83. The summed E-state index contributed by atoms with van der Waals surface area (Å²) in [5, 5.41) is 0. The predicted molar refractivity (Wildman–Crippen MR) is 78.6 cm³/mol. The number of hydrogen-bond acceptors (Lipinski definition) is 2. The van der Waals surface area contributed by atoms with Crippen molar-refractivity contribution in [3.05, 3.63) is 67.3 Å². The van der Waals surface area contributed by atoms with Gasteiger partial charge in [-0.3, -0.25) is 0 Å². The Morgan fingerprint density at radius 2 is 1.26 bits per heavy atom. The number of hydrogen-bond donors (Lipinski definition) is 0. The van der Waals surface area contributed by atoms with Crippen LogP contribution in [0.2, 0.25) is 0 Å². The van der Waals surface area contributed by atoms with Gasteiger partial charge in [0.15, 0.2) is 0 Å². The van der Waals surface area contributed by atoms with E-state index < -0.39 is 21.8 Å². The predicted octanol–water partition coefficient (Wildman–Crippen LogP) is 0.973. The van der Waals surface area contributed by atoms with Gasteiger partial charge in [0.25, 0.3) is 0 Å². The molecule has 2 aromatic heterocycles. The van der Waals surface area contributed by atoms with E-state index in [-0.39, 0.29) is 0 Å². The third kappa shape index (κ3) is 1.73. The summed E-state index contributed by atoms with van der Waals surface area (Å²) in [5.74, 6) is 0. The van der Waals surface area contributed by atoms with Gasteiger partial charge >= 0.3 is 120 Å². The Morgan fingerprint density at radius 3 is 1.84 bits per heavy atom. The Morgan fingerprint density at radius 1 is 0.684 bits per heavy atom. The van der Waals surface area contributed by atoms with E-state index in [0.29, 0.717) is 0 Å². The van der Waals surface area contributed by atoms with Gasteiger partial charge in [-0.25, -0.2) is 0 Å². The van der Waals surface area contributed by atoms with Crippen molar-refractivity contribution in [3.8, 4) is 11.1 Å². The summed E-state index contributed by atoms with van der Waals surface area (Å²) in [6, 6.07) is 15.2. The first-order chi connectivity index (χ1) is 9.45. The zero-order chi connectivity index (χ0) is 12.7. The number of pyridine rings is 2. The molecular formula is C16H11BiN2. The summed E-state index contributed by atoms with van der Waals surface area (Å²) in [5.41, 5.74) is 2.74. The number of benzene rings is 1. The first-order valence-electron chi connectivity index (χ1n) is 6.19. The number of rotatable bonds is 1. The van der Waals surface area contributed by atoms with E-state index in [4.69, 9.17) is 0 Å². The molecule has 4 rings (SSSR count). The van der Waals surface area contributed by atoms with E-state index in [1.165, 1.54) is 20.9 Å². The zero-order valence-corrected chi connectivity index (χ0v) is 13.7. The van der Waals surface area contributed by atoms with Gasteiger partial charge in [-0.15, -0.1) is 0 Å². The molecule has 1 aromatic carbocycles. The quantitative estimate of drug-likeness (QED) is 0.413. The first-order valence-corrected chi connectivity index (χ1v) is 11.4. The molecule has 0 saturated carbocycles. The van der Waals surface area contributed by atoms with Crippen LogP contribution in [-0.2, 0) is 0 Å². The summed E-state index contributed by atoms with van der Waals surface area (Å²) in [4.78, 5) is 8.69. The molecule has 0 bridgehead atoms. The summed E-state index contributed by atoms with van der Waals surface area (Å²) in [6.07, 6.45) is 7.92. The molecule has 0 N–H and O–H groups in total. The van der Waals surface area contributed by atoms with Crippen LogP contribution in [0.5, 0.6) is 0 Å². The van der Waals surface area contributed by atoms with Crippen molar-refractivity contribution in [2.24, 2.45) is 0 Å². The van der Waals surface area contributed by atoms with Crippen LogP contribution in [0, 0.1) is 0 Å². The van der Waals surface area contributed by atoms with Crippen LogP contribution in [0.15, 0.2) is 67.3 Å².